The monoisotopic (exact) mass is 559 g/mol. The Labute approximate surface area is 235 Å². The third kappa shape index (κ3) is 5.87. The van der Waals surface area contributed by atoms with Crippen molar-refractivity contribution in [1.82, 2.24) is 9.97 Å². The van der Waals surface area contributed by atoms with Crippen molar-refractivity contribution >= 4 is 35.1 Å². The summed E-state index contributed by atoms with van der Waals surface area (Å²) >= 11 is 7.66. The number of carbonyl (C=O) groups is 1. The van der Waals surface area contributed by atoms with Gasteiger partial charge in [-0.2, -0.15) is 0 Å². The highest BCUT2D eigenvalue weighted by atomic mass is 35.5. The van der Waals surface area contributed by atoms with Crippen LogP contribution in [0.1, 0.15) is 35.1 Å². The van der Waals surface area contributed by atoms with E-state index in [9.17, 15) is 9.59 Å². The van der Waals surface area contributed by atoms with Gasteiger partial charge in [0, 0.05) is 16.5 Å². The van der Waals surface area contributed by atoms with E-state index in [4.69, 9.17) is 21.1 Å². The van der Waals surface area contributed by atoms with Crippen LogP contribution in [0.25, 0.3) is 0 Å². The number of rotatable bonds is 8. The van der Waals surface area contributed by atoms with Crippen LogP contribution in [0.15, 0.2) is 100 Å². The number of thioether (sulfide) groups is 1. The van der Waals surface area contributed by atoms with Crippen molar-refractivity contribution in [3.05, 3.63) is 128 Å². The highest BCUT2D eigenvalue weighted by molar-refractivity contribution is 7.98. The van der Waals surface area contributed by atoms with Gasteiger partial charge in [-0.25, -0.2) is 9.78 Å². The van der Waals surface area contributed by atoms with E-state index >= 15 is 0 Å². The summed E-state index contributed by atoms with van der Waals surface area (Å²) in [6.45, 7) is 2.21. The summed E-state index contributed by atoms with van der Waals surface area (Å²) in [4.78, 5) is 33.9. The number of methoxy groups -OCH3 is 1. The number of anilines is 1. The van der Waals surface area contributed by atoms with Crippen LogP contribution in [-0.4, -0.2) is 23.0 Å². The van der Waals surface area contributed by atoms with Crippen molar-refractivity contribution in [1.29, 1.82) is 0 Å². The Morgan fingerprint density at radius 2 is 1.74 bits per heavy atom. The summed E-state index contributed by atoms with van der Waals surface area (Å²) in [7, 11) is 1.33. The van der Waals surface area contributed by atoms with Crippen LogP contribution < -0.4 is 15.6 Å². The molecule has 4 aromatic rings. The van der Waals surface area contributed by atoms with Gasteiger partial charge in [0.05, 0.1) is 24.2 Å². The fraction of sp³-hybridized carbons (Fsp3) is 0.167. The number of nitrogens with one attached hydrogen (secondary N) is 2. The Morgan fingerprint density at radius 1 is 1.03 bits per heavy atom. The minimum atomic E-state index is -0.671. The van der Waals surface area contributed by atoms with Gasteiger partial charge in [-0.05, 0) is 41.8 Å². The zero-order valence-corrected chi connectivity index (χ0v) is 22.9. The first kappa shape index (κ1) is 26.6. The topological polar surface area (TPSA) is 93.3 Å². The van der Waals surface area contributed by atoms with E-state index in [-0.39, 0.29) is 5.56 Å². The average molecular weight is 560 g/mol. The van der Waals surface area contributed by atoms with Gasteiger partial charge in [-0.3, -0.25) is 4.79 Å². The van der Waals surface area contributed by atoms with Crippen LogP contribution in [0.5, 0.6) is 5.75 Å². The van der Waals surface area contributed by atoms with Crippen LogP contribution in [0.3, 0.4) is 0 Å². The normalized spacial score (nSPS) is 14.4. The molecule has 0 fully saturated rings. The molecule has 3 aromatic carbocycles. The third-order valence-corrected chi connectivity index (χ3v) is 7.70. The molecule has 0 saturated heterocycles. The lowest BCUT2D eigenvalue weighted by atomic mass is 9.82. The molecule has 0 radical (unpaired) electrons. The number of aromatic nitrogens is 2. The van der Waals surface area contributed by atoms with Gasteiger partial charge >= 0.3 is 5.97 Å². The molecule has 2 heterocycles. The molecule has 9 heteroatoms. The number of fused-ring (bicyclic) bond motifs is 1. The van der Waals surface area contributed by atoms with Gasteiger partial charge in [-0.1, -0.05) is 84.0 Å². The number of esters is 1. The largest absolute Gasteiger partial charge is 0.489 e. The number of hydrogen-bond donors (Lipinski definition) is 2. The molecule has 2 N–H and O–H groups in total. The first-order valence-corrected chi connectivity index (χ1v) is 13.6. The van der Waals surface area contributed by atoms with E-state index in [2.05, 4.69) is 15.3 Å². The molecule has 0 aliphatic carbocycles. The molecule has 0 amide bonds. The zero-order valence-electron chi connectivity index (χ0n) is 21.4. The molecule has 0 saturated carbocycles. The Bertz CT molecular complexity index is 1590. The number of benzene rings is 3. The molecule has 5 rings (SSSR count). The van der Waals surface area contributed by atoms with Gasteiger partial charge in [0.1, 0.15) is 18.2 Å². The van der Waals surface area contributed by atoms with Crippen molar-refractivity contribution in [2.45, 2.75) is 30.4 Å². The number of nitrogens with zero attached hydrogens (tertiary/aromatic N) is 1. The van der Waals surface area contributed by atoms with Gasteiger partial charge in [0.25, 0.3) is 5.56 Å². The molecular formula is C30H26ClN3O4S. The molecule has 1 aliphatic rings. The molecule has 0 bridgehead atoms. The lowest BCUT2D eigenvalue weighted by Crippen LogP contribution is -2.31. The Kier molecular flexibility index (Phi) is 8.05. The van der Waals surface area contributed by atoms with Crippen molar-refractivity contribution in [2.75, 3.05) is 12.4 Å². The van der Waals surface area contributed by atoms with Gasteiger partial charge in [0.2, 0.25) is 0 Å². The minimum Gasteiger partial charge on any atom is -0.489 e. The quantitative estimate of drug-likeness (QED) is 0.149. The summed E-state index contributed by atoms with van der Waals surface area (Å²) < 4.78 is 11.0. The number of ether oxygens (including phenoxy) is 2. The smallest absolute Gasteiger partial charge is 0.336 e. The lowest BCUT2D eigenvalue weighted by Gasteiger charge is -2.28. The summed E-state index contributed by atoms with van der Waals surface area (Å²) in [5.41, 5.74) is 3.68. The molecular weight excluding hydrogens is 534 g/mol. The average Bonchev–Trinajstić information content (AvgIpc) is 2.95. The summed E-state index contributed by atoms with van der Waals surface area (Å²) in [6, 6.07) is 24.8. The fourth-order valence-corrected chi connectivity index (χ4v) is 5.62. The molecule has 7 nitrogen and oxygen atoms in total. The first-order valence-electron chi connectivity index (χ1n) is 12.3. The predicted octanol–water partition coefficient (Wildman–Crippen LogP) is 6.30. The Balaban J connectivity index is 1.46. The van der Waals surface area contributed by atoms with Crippen molar-refractivity contribution in [2.24, 2.45) is 0 Å². The molecule has 0 spiro atoms. The maximum absolute atomic E-state index is 13.5. The Morgan fingerprint density at radius 3 is 2.46 bits per heavy atom. The summed E-state index contributed by atoms with van der Waals surface area (Å²) in [5, 5.41) is 4.25. The van der Waals surface area contributed by atoms with Crippen LogP contribution in [0.4, 0.5) is 5.82 Å². The second-order valence-electron chi connectivity index (χ2n) is 8.95. The van der Waals surface area contributed by atoms with E-state index < -0.39 is 11.9 Å². The van der Waals surface area contributed by atoms with Gasteiger partial charge in [-0.15, -0.1) is 0 Å². The number of aromatic amines is 1. The van der Waals surface area contributed by atoms with E-state index in [0.717, 1.165) is 16.7 Å². The second kappa shape index (κ2) is 11.8. The van der Waals surface area contributed by atoms with Crippen molar-refractivity contribution < 1.29 is 14.3 Å². The molecule has 1 aliphatic heterocycles. The summed E-state index contributed by atoms with van der Waals surface area (Å²) in [5.74, 6) is 0.431. The van der Waals surface area contributed by atoms with E-state index in [1.54, 1.807) is 6.92 Å². The van der Waals surface area contributed by atoms with Gasteiger partial charge in [0.15, 0.2) is 5.16 Å². The second-order valence-corrected chi connectivity index (χ2v) is 10.3. The van der Waals surface area contributed by atoms with Gasteiger partial charge < -0.3 is 19.8 Å². The number of H-pyrrole nitrogens is 1. The number of carbonyl (C=O) groups excluding carboxylic acids is 1. The predicted molar refractivity (Wildman–Crippen MR) is 153 cm³/mol. The first-order chi connectivity index (χ1) is 18.9. The zero-order chi connectivity index (χ0) is 27.4. The number of halogens is 1. The molecule has 39 heavy (non-hydrogen) atoms. The molecule has 1 unspecified atom stereocenters. The van der Waals surface area contributed by atoms with Crippen molar-refractivity contribution in [3.8, 4) is 5.75 Å². The van der Waals surface area contributed by atoms with Crippen LogP contribution in [-0.2, 0) is 21.9 Å². The SMILES string of the molecule is COC(=O)C1=C(C)Nc2nc(SCc3ccccc3Cl)[nH]c(=O)c2C1c1ccc(OCc2ccccc2)cc1. The number of hydrogen-bond acceptors (Lipinski definition) is 7. The molecule has 1 aromatic heterocycles. The molecule has 198 valence electrons. The van der Waals surface area contributed by atoms with E-state index in [0.29, 0.717) is 50.9 Å². The molecule has 1 atom stereocenters. The van der Waals surface area contributed by atoms with Crippen LogP contribution in [0, 0.1) is 0 Å². The minimum absolute atomic E-state index is 0.336. The van der Waals surface area contributed by atoms with E-state index in [1.165, 1.54) is 18.9 Å². The number of allylic oxidation sites excluding steroid dienone is 1. The van der Waals surface area contributed by atoms with Crippen LogP contribution in [0.2, 0.25) is 5.02 Å². The van der Waals surface area contributed by atoms with E-state index in [1.807, 2.05) is 78.9 Å². The maximum atomic E-state index is 13.5. The highest BCUT2D eigenvalue weighted by Crippen LogP contribution is 2.40. The Hall–Kier alpha value is -4.01. The fourth-order valence-electron chi connectivity index (χ4n) is 4.47. The third-order valence-electron chi connectivity index (χ3n) is 6.41. The summed E-state index contributed by atoms with van der Waals surface area (Å²) in [6.07, 6.45) is 0. The highest BCUT2D eigenvalue weighted by Gasteiger charge is 2.36. The lowest BCUT2D eigenvalue weighted by molar-refractivity contribution is -0.136. The standard InChI is InChI=1S/C30H26ClN3O4S/c1-18-24(29(36)37-2)25(20-12-14-22(15-13-20)38-16-19-8-4-3-5-9-19)26-27(32-18)33-30(34-28(26)35)39-17-21-10-6-7-11-23(21)31/h3-15,25H,16-17H2,1-2H3,(H2,32,33,34,35). The van der Waals surface area contributed by atoms with Crippen molar-refractivity contribution in [3.63, 3.8) is 0 Å². The van der Waals surface area contributed by atoms with Crippen LogP contribution >= 0.6 is 23.4 Å². The maximum Gasteiger partial charge on any atom is 0.336 e.